The van der Waals surface area contributed by atoms with Gasteiger partial charge in [-0.2, -0.15) is 4.31 Å². The molecule has 0 spiro atoms. The second kappa shape index (κ2) is 7.02. The van der Waals surface area contributed by atoms with Crippen molar-refractivity contribution in [1.29, 1.82) is 0 Å². The molecular weight excluding hydrogens is 292 g/mol. The first kappa shape index (κ1) is 15.9. The molecule has 0 aromatic carbocycles. The highest BCUT2D eigenvalue weighted by molar-refractivity contribution is 7.89. The van der Waals surface area contributed by atoms with Crippen molar-refractivity contribution in [3.05, 3.63) is 16.3 Å². The first-order valence-electron chi connectivity index (χ1n) is 7.30. The molecule has 20 heavy (non-hydrogen) atoms. The fourth-order valence-electron chi connectivity index (χ4n) is 2.76. The molecule has 1 N–H and O–H groups in total. The topological polar surface area (TPSA) is 49.4 Å². The number of nitrogens with zero attached hydrogens (tertiary/aromatic N) is 1. The van der Waals surface area contributed by atoms with Crippen LogP contribution in [0, 0.1) is 5.92 Å². The van der Waals surface area contributed by atoms with Crippen molar-refractivity contribution in [1.82, 2.24) is 9.62 Å². The number of piperidine rings is 1. The zero-order valence-corrected chi connectivity index (χ0v) is 13.9. The van der Waals surface area contributed by atoms with E-state index in [0.29, 0.717) is 23.9 Å². The Balaban J connectivity index is 2.03. The molecule has 6 heteroatoms. The summed E-state index contributed by atoms with van der Waals surface area (Å²) in [6.07, 6.45) is 4.41. The van der Waals surface area contributed by atoms with E-state index in [9.17, 15) is 8.42 Å². The van der Waals surface area contributed by atoms with Gasteiger partial charge in [-0.05, 0) is 31.9 Å². The first-order valence-corrected chi connectivity index (χ1v) is 9.62. The van der Waals surface area contributed by atoms with Crippen LogP contribution in [-0.4, -0.2) is 32.9 Å². The van der Waals surface area contributed by atoms with E-state index in [0.717, 1.165) is 24.3 Å². The molecule has 1 fully saturated rings. The van der Waals surface area contributed by atoms with Crippen molar-refractivity contribution in [2.75, 3.05) is 20.1 Å². The monoisotopic (exact) mass is 316 g/mol. The predicted octanol–water partition coefficient (Wildman–Crippen LogP) is 2.67. The Hall–Kier alpha value is -0.430. The fraction of sp³-hybridized carbons (Fsp3) is 0.714. The lowest BCUT2D eigenvalue weighted by atomic mass is 9.94. The Bertz CT molecular complexity index is 517. The van der Waals surface area contributed by atoms with Crippen LogP contribution in [0.2, 0.25) is 0 Å². The van der Waals surface area contributed by atoms with Crippen LogP contribution in [0.15, 0.2) is 16.3 Å². The number of thiophene rings is 1. The Kier molecular flexibility index (Phi) is 5.60. The van der Waals surface area contributed by atoms with Gasteiger partial charge in [0, 0.05) is 29.9 Å². The Morgan fingerprint density at radius 2 is 2.10 bits per heavy atom. The van der Waals surface area contributed by atoms with Crippen LogP contribution < -0.4 is 5.32 Å². The molecule has 1 aliphatic heterocycles. The Morgan fingerprint density at radius 3 is 2.70 bits per heavy atom. The highest BCUT2D eigenvalue weighted by Crippen LogP contribution is 2.28. The number of hydrogen-bond donors (Lipinski definition) is 1. The average molecular weight is 316 g/mol. The summed E-state index contributed by atoms with van der Waals surface area (Å²) >= 11 is 1.51. The second-order valence-corrected chi connectivity index (χ2v) is 8.35. The van der Waals surface area contributed by atoms with Crippen molar-refractivity contribution < 1.29 is 8.42 Å². The predicted molar refractivity (Wildman–Crippen MR) is 83.5 cm³/mol. The summed E-state index contributed by atoms with van der Waals surface area (Å²) in [6.45, 7) is 4.25. The van der Waals surface area contributed by atoms with Crippen molar-refractivity contribution in [3.8, 4) is 0 Å². The smallest absolute Gasteiger partial charge is 0.243 e. The lowest BCUT2D eigenvalue weighted by Crippen LogP contribution is -2.38. The molecule has 0 atom stereocenters. The van der Waals surface area contributed by atoms with Gasteiger partial charge >= 0.3 is 0 Å². The number of hydrogen-bond acceptors (Lipinski definition) is 4. The highest BCUT2D eigenvalue weighted by Gasteiger charge is 2.29. The third-order valence-corrected chi connectivity index (χ3v) is 6.85. The molecule has 4 nitrogen and oxygen atoms in total. The molecule has 0 amide bonds. The van der Waals surface area contributed by atoms with Crippen LogP contribution >= 0.6 is 11.3 Å². The molecule has 1 aromatic heterocycles. The molecule has 0 saturated carbocycles. The number of nitrogens with one attached hydrogen (secondary N) is 1. The van der Waals surface area contributed by atoms with Gasteiger partial charge in [-0.1, -0.05) is 19.8 Å². The molecule has 0 bridgehead atoms. The molecule has 0 aliphatic carbocycles. The molecule has 2 rings (SSSR count). The van der Waals surface area contributed by atoms with E-state index in [1.54, 1.807) is 15.8 Å². The summed E-state index contributed by atoms with van der Waals surface area (Å²) in [5.41, 5.74) is 0. The quantitative estimate of drug-likeness (QED) is 0.878. The SMILES string of the molecule is CCCC1CCN(S(=O)(=O)c2csc(CNC)c2)CC1. The van der Waals surface area contributed by atoms with Crippen molar-refractivity contribution >= 4 is 21.4 Å². The lowest BCUT2D eigenvalue weighted by Gasteiger charge is -2.30. The van der Waals surface area contributed by atoms with Crippen LogP contribution in [0.25, 0.3) is 0 Å². The van der Waals surface area contributed by atoms with Crippen molar-refractivity contribution in [3.63, 3.8) is 0 Å². The van der Waals surface area contributed by atoms with Gasteiger partial charge in [-0.25, -0.2) is 8.42 Å². The maximum atomic E-state index is 12.6. The van der Waals surface area contributed by atoms with E-state index >= 15 is 0 Å². The molecule has 1 aromatic rings. The Morgan fingerprint density at radius 1 is 1.40 bits per heavy atom. The summed E-state index contributed by atoms with van der Waals surface area (Å²) in [5, 5.41) is 4.81. The lowest BCUT2D eigenvalue weighted by molar-refractivity contribution is 0.262. The zero-order valence-electron chi connectivity index (χ0n) is 12.3. The molecule has 114 valence electrons. The van der Waals surface area contributed by atoms with Gasteiger partial charge in [0.2, 0.25) is 10.0 Å². The summed E-state index contributed by atoms with van der Waals surface area (Å²) in [6, 6.07) is 1.80. The van der Waals surface area contributed by atoms with E-state index < -0.39 is 10.0 Å². The molecule has 2 heterocycles. The van der Waals surface area contributed by atoms with Crippen LogP contribution in [0.3, 0.4) is 0 Å². The van der Waals surface area contributed by atoms with Gasteiger partial charge in [-0.3, -0.25) is 0 Å². The molecule has 1 saturated heterocycles. The number of rotatable bonds is 6. The third-order valence-electron chi connectivity index (χ3n) is 3.89. The van der Waals surface area contributed by atoms with Crippen LogP contribution in [0.4, 0.5) is 0 Å². The molecule has 1 aliphatic rings. The maximum absolute atomic E-state index is 12.6. The molecular formula is C14H24N2O2S2. The van der Waals surface area contributed by atoms with E-state index in [1.807, 2.05) is 7.05 Å². The standard InChI is InChI=1S/C14H24N2O2S2/c1-3-4-12-5-7-16(8-6-12)20(17,18)14-9-13(10-15-2)19-11-14/h9,11-12,15H,3-8,10H2,1-2H3. The minimum Gasteiger partial charge on any atom is -0.315 e. The van der Waals surface area contributed by atoms with Crippen molar-refractivity contribution in [2.24, 2.45) is 5.92 Å². The fourth-order valence-corrected chi connectivity index (χ4v) is 5.50. The van der Waals surface area contributed by atoms with Gasteiger partial charge in [-0.15, -0.1) is 11.3 Å². The normalized spacial score (nSPS) is 18.5. The first-order chi connectivity index (χ1) is 9.57. The summed E-state index contributed by atoms with van der Waals surface area (Å²) < 4.78 is 26.8. The van der Waals surface area contributed by atoms with Gasteiger partial charge in [0.1, 0.15) is 0 Å². The average Bonchev–Trinajstić information content (AvgIpc) is 2.90. The van der Waals surface area contributed by atoms with Crippen LogP contribution in [0.1, 0.15) is 37.5 Å². The second-order valence-electron chi connectivity index (χ2n) is 5.42. The van der Waals surface area contributed by atoms with E-state index in [2.05, 4.69) is 12.2 Å². The minimum atomic E-state index is -3.28. The van der Waals surface area contributed by atoms with E-state index in [4.69, 9.17) is 0 Å². The van der Waals surface area contributed by atoms with Gasteiger partial charge in [0.25, 0.3) is 0 Å². The zero-order chi connectivity index (χ0) is 14.6. The van der Waals surface area contributed by atoms with Gasteiger partial charge in [0.15, 0.2) is 0 Å². The van der Waals surface area contributed by atoms with Crippen molar-refractivity contribution in [2.45, 2.75) is 44.0 Å². The van der Waals surface area contributed by atoms with Crippen LogP contribution in [-0.2, 0) is 16.6 Å². The Labute approximate surface area is 126 Å². The van der Waals surface area contributed by atoms with Crippen LogP contribution in [0.5, 0.6) is 0 Å². The van der Waals surface area contributed by atoms with E-state index in [1.165, 1.54) is 24.2 Å². The van der Waals surface area contributed by atoms with Gasteiger partial charge < -0.3 is 5.32 Å². The van der Waals surface area contributed by atoms with Gasteiger partial charge in [0.05, 0.1) is 4.90 Å². The summed E-state index contributed by atoms with van der Waals surface area (Å²) in [7, 11) is -1.41. The minimum absolute atomic E-state index is 0.460. The molecule has 0 unspecified atom stereocenters. The summed E-state index contributed by atoms with van der Waals surface area (Å²) in [4.78, 5) is 1.52. The summed E-state index contributed by atoms with van der Waals surface area (Å²) in [5.74, 6) is 0.703. The van der Waals surface area contributed by atoms with E-state index in [-0.39, 0.29) is 0 Å². The number of sulfonamides is 1. The largest absolute Gasteiger partial charge is 0.315 e. The highest BCUT2D eigenvalue weighted by atomic mass is 32.2. The molecule has 0 radical (unpaired) electrons. The maximum Gasteiger partial charge on any atom is 0.243 e. The third kappa shape index (κ3) is 3.61.